The van der Waals surface area contributed by atoms with Gasteiger partial charge in [0.1, 0.15) is 5.01 Å². The second kappa shape index (κ2) is 5.83. The van der Waals surface area contributed by atoms with Crippen LogP contribution in [-0.2, 0) is 6.54 Å². The number of carboxylic acid groups (broad SMARTS) is 1. The Balaban J connectivity index is 2.00. The normalized spacial score (nSPS) is 10.3. The van der Waals surface area contributed by atoms with Crippen molar-refractivity contribution in [2.75, 3.05) is 0 Å². The third kappa shape index (κ3) is 3.21. The van der Waals surface area contributed by atoms with Crippen LogP contribution in [0, 0.1) is 13.8 Å². The monoisotopic (exact) mass is 290 g/mol. The van der Waals surface area contributed by atoms with Crippen molar-refractivity contribution in [3.05, 3.63) is 51.0 Å². The first kappa shape index (κ1) is 14.2. The molecule has 20 heavy (non-hydrogen) atoms. The van der Waals surface area contributed by atoms with Gasteiger partial charge in [-0.05, 0) is 37.1 Å². The van der Waals surface area contributed by atoms with E-state index < -0.39 is 5.97 Å². The van der Waals surface area contributed by atoms with Gasteiger partial charge in [0.05, 0.1) is 6.54 Å². The van der Waals surface area contributed by atoms with Gasteiger partial charge in [-0.3, -0.25) is 4.79 Å². The topological polar surface area (TPSA) is 79.3 Å². The van der Waals surface area contributed by atoms with Gasteiger partial charge in [0.15, 0.2) is 5.69 Å². The van der Waals surface area contributed by atoms with Crippen LogP contribution < -0.4 is 5.32 Å². The molecule has 6 heteroatoms. The second-order valence-corrected chi connectivity index (χ2v) is 5.36. The Morgan fingerprint density at radius 2 is 2.05 bits per heavy atom. The summed E-state index contributed by atoms with van der Waals surface area (Å²) in [6, 6.07) is 5.49. The molecule has 0 radical (unpaired) electrons. The van der Waals surface area contributed by atoms with E-state index in [4.69, 9.17) is 5.11 Å². The Kier molecular flexibility index (Phi) is 4.14. The molecule has 0 saturated heterocycles. The van der Waals surface area contributed by atoms with E-state index in [1.54, 1.807) is 6.07 Å². The molecule has 5 nitrogen and oxygen atoms in total. The van der Waals surface area contributed by atoms with Crippen LogP contribution in [0.3, 0.4) is 0 Å². The molecule has 0 aliphatic heterocycles. The van der Waals surface area contributed by atoms with Gasteiger partial charge in [-0.2, -0.15) is 0 Å². The van der Waals surface area contributed by atoms with E-state index in [1.165, 1.54) is 16.7 Å². The fourth-order valence-electron chi connectivity index (χ4n) is 1.63. The van der Waals surface area contributed by atoms with Crippen LogP contribution >= 0.6 is 11.3 Å². The van der Waals surface area contributed by atoms with Crippen molar-refractivity contribution in [3.8, 4) is 0 Å². The number of aryl methyl sites for hydroxylation is 2. The van der Waals surface area contributed by atoms with Gasteiger partial charge in [0.25, 0.3) is 5.91 Å². The standard InChI is InChI=1S/C14H14N2O3S/c1-8-3-4-10(5-9(8)2)13(17)15-6-12-16-11(7-20-12)14(18)19/h3-5,7H,6H2,1-2H3,(H,15,17)(H,18,19). The van der Waals surface area contributed by atoms with Crippen LogP contribution in [-0.4, -0.2) is 22.0 Å². The highest BCUT2D eigenvalue weighted by atomic mass is 32.1. The Morgan fingerprint density at radius 3 is 2.65 bits per heavy atom. The summed E-state index contributed by atoms with van der Waals surface area (Å²) in [5.74, 6) is -1.26. The van der Waals surface area contributed by atoms with Crippen LogP contribution in [0.4, 0.5) is 0 Å². The number of carbonyl (C=O) groups excluding carboxylic acids is 1. The van der Waals surface area contributed by atoms with Gasteiger partial charge >= 0.3 is 5.97 Å². The fourth-order valence-corrected chi connectivity index (χ4v) is 2.34. The van der Waals surface area contributed by atoms with E-state index in [9.17, 15) is 9.59 Å². The number of aromatic carboxylic acids is 1. The molecule has 0 aliphatic rings. The number of benzene rings is 1. The highest BCUT2D eigenvalue weighted by molar-refractivity contribution is 7.09. The van der Waals surface area contributed by atoms with Crippen molar-refractivity contribution >= 4 is 23.2 Å². The molecular weight excluding hydrogens is 276 g/mol. The minimum absolute atomic E-state index is 0.00503. The maximum atomic E-state index is 12.0. The zero-order valence-corrected chi connectivity index (χ0v) is 12.0. The molecule has 0 saturated carbocycles. The summed E-state index contributed by atoms with van der Waals surface area (Å²) in [7, 11) is 0. The highest BCUT2D eigenvalue weighted by Crippen LogP contribution is 2.12. The number of nitrogens with one attached hydrogen (secondary N) is 1. The number of hydrogen-bond donors (Lipinski definition) is 2. The van der Waals surface area contributed by atoms with E-state index in [-0.39, 0.29) is 18.1 Å². The van der Waals surface area contributed by atoms with E-state index >= 15 is 0 Å². The van der Waals surface area contributed by atoms with E-state index in [0.29, 0.717) is 10.6 Å². The minimum atomic E-state index is -1.06. The van der Waals surface area contributed by atoms with E-state index in [0.717, 1.165) is 11.1 Å². The summed E-state index contributed by atoms with van der Waals surface area (Å²) >= 11 is 1.21. The first-order valence-corrected chi connectivity index (χ1v) is 6.88. The number of thiazole rings is 1. The van der Waals surface area contributed by atoms with Crippen molar-refractivity contribution in [1.82, 2.24) is 10.3 Å². The lowest BCUT2D eigenvalue weighted by molar-refractivity contribution is 0.0691. The Morgan fingerprint density at radius 1 is 1.30 bits per heavy atom. The summed E-state index contributed by atoms with van der Waals surface area (Å²) < 4.78 is 0. The fraction of sp³-hybridized carbons (Fsp3) is 0.214. The number of amides is 1. The average Bonchev–Trinajstić information content (AvgIpc) is 2.88. The van der Waals surface area contributed by atoms with Crippen molar-refractivity contribution in [3.63, 3.8) is 0 Å². The van der Waals surface area contributed by atoms with Crippen LogP contribution in [0.2, 0.25) is 0 Å². The lowest BCUT2D eigenvalue weighted by Crippen LogP contribution is -2.22. The average molecular weight is 290 g/mol. The maximum absolute atomic E-state index is 12.0. The molecule has 0 unspecified atom stereocenters. The number of carboxylic acids is 1. The number of aromatic nitrogens is 1. The molecule has 2 N–H and O–H groups in total. The van der Waals surface area contributed by atoms with Gasteiger partial charge in [0.2, 0.25) is 0 Å². The van der Waals surface area contributed by atoms with Crippen LogP contribution in [0.15, 0.2) is 23.6 Å². The van der Waals surface area contributed by atoms with Gasteiger partial charge in [-0.15, -0.1) is 11.3 Å². The Labute approximate surface area is 120 Å². The SMILES string of the molecule is Cc1ccc(C(=O)NCc2nc(C(=O)O)cs2)cc1C. The molecule has 0 fully saturated rings. The number of nitrogens with zero attached hydrogens (tertiary/aromatic N) is 1. The summed E-state index contributed by atoms with van der Waals surface area (Å²) in [6.07, 6.45) is 0. The van der Waals surface area contributed by atoms with Crippen molar-refractivity contribution in [1.29, 1.82) is 0 Å². The number of rotatable bonds is 4. The zero-order chi connectivity index (χ0) is 14.7. The first-order chi connectivity index (χ1) is 9.47. The third-order valence-corrected chi connectivity index (χ3v) is 3.79. The predicted molar refractivity (Wildman–Crippen MR) is 76.2 cm³/mol. The van der Waals surface area contributed by atoms with Gasteiger partial charge in [-0.1, -0.05) is 6.07 Å². The first-order valence-electron chi connectivity index (χ1n) is 6.00. The predicted octanol–water partition coefficient (Wildman–Crippen LogP) is 2.39. The molecule has 2 rings (SSSR count). The van der Waals surface area contributed by atoms with Gasteiger partial charge in [-0.25, -0.2) is 9.78 Å². The Hall–Kier alpha value is -2.21. The molecular formula is C14H14N2O3S. The molecule has 2 aromatic rings. The molecule has 1 aromatic heterocycles. The molecule has 1 heterocycles. The number of carbonyl (C=O) groups is 2. The zero-order valence-electron chi connectivity index (χ0n) is 11.1. The van der Waals surface area contributed by atoms with Crippen LogP contribution in [0.25, 0.3) is 0 Å². The largest absolute Gasteiger partial charge is 0.476 e. The minimum Gasteiger partial charge on any atom is -0.476 e. The summed E-state index contributed by atoms with van der Waals surface area (Å²) in [6.45, 7) is 4.16. The molecule has 0 bridgehead atoms. The Bertz CT molecular complexity index is 664. The third-order valence-electron chi connectivity index (χ3n) is 2.94. The molecule has 0 atom stereocenters. The van der Waals surface area contributed by atoms with E-state index in [1.807, 2.05) is 26.0 Å². The molecule has 1 amide bonds. The molecule has 104 valence electrons. The van der Waals surface area contributed by atoms with Crippen molar-refractivity contribution in [2.24, 2.45) is 0 Å². The lowest BCUT2D eigenvalue weighted by Gasteiger charge is -2.05. The molecule has 1 aromatic carbocycles. The smallest absolute Gasteiger partial charge is 0.355 e. The summed E-state index contributed by atoms with van der Waals surface area (Å²) in [5.41, 5.74) is 2.78. The molecule has 0 aliphatic carbocycles. The van der Waals surface area contributed by atoms with Crippen molar-refractivity contribution in [2.45, 2.75) is 20.4 Å². The maximum Gasteiger partial charge on any atom is 0.355 e. The quantitative estimate of drug-likeness (QED) is 0.906. The van der Waals surface area contributed by atoms with Crippen molar-refractivity contribution < 1.29 is 14.7 Å². The van der Waals surface area contributed by atoms with Gasteiger partial charge in [0, 0.05) is 10.9 Å². The summed E-state index contributed by atoms with van der Waals surface area (Å²) in [4.78, 5) is 26.6. The summed E-state index contributed by atoms with van der Waals surface area (Å²) in [5, 5.41) is 13.5. The van der Waals surface area contributed by atoms with E-state index in [2.05, 4.69) is 10.3 Å². The van der Waals surface area contributed by atoms with Gasteiger partial charge < -0.3 is 10.4 Å². The lowest BCUT2D eigenvalue weighted by atomic mass is 10.1. The number of hydrogen-bond acceptors (Lipinski definition) is 4. The van der Waals surface area contributed by atoms with Crippen LogP contribution in [0.1, 0.15) is 37.0 Å². The second-order valence-electron chi connectivity index (χ2n) is 4.41. The molecule has 0 spiro atoms. The highest BCUT2D eigenvalue weighted by Gasteiger charge is 2.10. The van der Waals surface area contributed by atoms with Crippen LogP contribution in [0.5, 0.6) is 0 Å².